The number of benzene rings is 1. The molecule has 0 aliphatic carbocycles. The molecule has 1 aromatic carbocycles. The van der Waals surface area contributed by atoms with Gasteiger partial charge < -0.3 is 15.1 Å². The molecule has 3 amide bonds. The van der Waals surface area contributed by atoms with E-state index in [0.717, 1.165) is 70.6 Å². The number of urea groups is 1. The first-order valence-electron chi connectivity index (χ1n) is 10.8. The van der Waals surface area contributed by atoms with E-state index in [-0.39, 0.29) is 11.9 Å². The molecule has 0 radical (unpaired) electrons. The van der Waals surface area contributed by atoms with Crippen LogP contribution in [-0.4, -0.2) is 79.0 Å². The standard InChI is InChI=1S/C23H34N4O2/c1-3-11-25-14-16-26(17-15-25)22(28)21-7-5-19(6-8-21)18-20-9-12-27(13-10-20)23(29)24-4-2/h3,5-8,20H,1,4,9-18H2,2H3,(H,24,29). The number of amides is 3. The SMILES string of the molecule is C=CCN1CCN(C(=O)c2ccc(CC3CCN(C(=O)NCC)CC3)cc2)CC1. The molecule has 3 rings (SSSR count). The molecular weight excluding hydrogens is 364 g/mol. The molecule has 6 nitrogen and oxygen atoms in total. The molecule has 1 aromatic rings. The molecule has 2 heterocycles. The molecule has 0 atom stereocenters. The fourth-order valence-corrected chi connectivity index (χ4v) is 4.22. The third-order valence-electron chi connectivity index (χ3n) is 6.00. The summed E-state index contributed by atoms with van der Waals surface area (Å²) in [6.45, 7) is 12.3. The van der Waals surface area contributed by atoms with Gasteiger partial charge >= 0.3 is 6.03 Å². The predicted molar refractivity (Wildman–Crippen MR) is 116 cm³/mol. The second-order valence-corrected chi connectivity index (χ2v) is 8.05. The minimum Gasteiger partial charge on any atom is -0.338 e. The molecule has 0 spiro atoms. The zero-order chi connectivity index (χ0) is 20.6. The molecule has 2 aliphatic rings. The Morgan fingerprint density at radius 3 is 2.28 bits per heavy atom. The van der Waals surface area contributed by atoms with Crippen LogP contribution in [-0.2, 0) is 6.42 Å². The van der Waals surface area contributed by atoms with Gasteiger partial charge in [-0.3, -0.25) is 9.69 Å². The smallest absolute Gasteiger partial charge is 0.317 e. The van der Waals surface area contributed by atoms with Gasteiger partial charge in [0, 0.05) is 57.9 Å². The first-order chi connectivity index (χ1) is 14.1. The van der Waals surface area contributed by atoms with Crippen molar-refractivity contribution < 1.29 is 9.59 Å². The Balaban J connectivity index is 1.46. The number of hydrogen-bond acceptors (Lipinski definition) is 3. The summed E-state index contributed by atoms with van der Waals surface area (Å²) in [5.74, 6) is 0.727. The Hall–Kier alpha value is -2.34. The van der Waals surface area contributed by atoms with Gasteiger partial charge in [-0.05, 0) is 49.8 Å². The summed E-state index contributed by atoms with van der Waals surface area (Å²) in [5.41, 5.74) is 2.05. The highest BCUT2D eigenvalue weighted by atomic mass is 16.2. The van der Waals surface area contributed by atoms with Crippen LogP contribution >= 0.6 is 0 Å². The highest BCUT2D eigenvalue weighted by molar-refractivity contribution is 5.94. The van der Waals surface area contributed by atoms with E-state index in [9.17, 15) is 9.59 Å². The fraction of sp³-hybridized carbons (Fsp3) is 0.565. The largest absolute Gasteiger partial charge is 0.338 e. The maximum Gasteiger partial charge on any atom is 0.317 e. The highest BCUT2D eigenvalue weighted by Crippen LogP contribution is 2.22. The van der Waals surface area contributed by atoms with Gasteiger partial charge in [0.2, 0.25) is 0 Å². The van der Waals surface area contributed by atoms with Crippen LogP contribution in [0.4, 0.5) is 4.79 Å². The number of nitrogens with zero attached hydrogens (tertiary/aromatic N) is 3. The lowest BCUT2D eigenvalue weighted by atomic mass is 9.90. The van der Waals surface area contributed by atoms with E-state index in [4.69, 9.17) is 0 Å². The van der Waals surface area contributed by atoms with Gasteiger partial charge in [-0.2, -0.15) is 0 Å². The maximum atomic E-state index is 12.8. The lowest BCUT2D eigenvalue weighted by Crippen LogP contribution is -2.48. The maximum absolute atomic E-state index is 12.8. The molecule has 2 fully saturated rings. The van der Waals surface area contributed by atoms with Crippen LogP contribution in [0.25, 0.3) is 0 Å². The molecule has 158 valence electrons. The highest BCUT2D eigenvalue weighted by Gasteiger charge is 2.23. The summed E-state index contributed by atoms with van der Waals surface area (Å²) in [5, 5.41) is 2.88. The van der Waals surface area contributed by atoms with Crippen LogP contribution < -0.4 is 5.32 Å². The summed E-state index contributed by atoms with van der Waals surface area (Å²) >= 11 is 0. The van der Waals surface area contributed by atoms with Crippen LogP contribution in [0, 0.1) is 5.92 Å². The summed E-state index contributed by atoms with van der Waals surface area (Å²) in [6, 6.07) is 8.18. The van der Waals surface area contributed by atoms with E-state index in [0.29, 0.717) is 12.5 Å². The van der Waals surface area contributed by atoms with Crippen molar-refractivity contribution >= 4 is 11.9 Å². The summed E-state index contributed by atoms with van der Waals surface area (Å²) in [7, 11) is 0. The van der Waals surface area contributed by atoms with Crippen molar-refractivity contribution in [2.45, 2.75) is 26.2 Å². The third kappa shape index (κ3) is 5.82. The number of hydrogen-bond donors (Lipinski definition) is 1. The second-order valence-electron chi connectivity index (χ2n) is 8.05. The Morgan fingerprint density at radius 1 is 1.03 bits per heavy atom. The van der Waals surface area contributed by atoms with E-state index < -0.39 is 0 Å². The molecule has 2 saturated heterocycles. The molecule has 0 saturated carbocycles. The monoisotopic (exact) mass is 398 g/mol. The van der Waals surface area contributed by atoms with Crippen LogP contribution in [0.5, 0.6) is 0 Å². The van der Waals surface area contributed by atoms with Gasteiger partial charge in [-0.15, -0.1) is 6.58 Å². The molecular formula is C23H34N4O2. The molecule has 29 heavy (non-hydrogen) atoms. The fourth-order valence-electron chi connectivity index (χ4n) is 4.22. The predicted octanol–water partition coefficient (Wildman–Crippen LogP) is 2.61. The van der Waals surface area contributed by atoms with E-state index >= 15 is 0 Å². The Bertz CT molecular complexity index is 687. The zero-order valence-corrected chi connectivity index (χ0v) is 17.6. The number of carbonyl (C=O) groups is 2. The van der Waals surface area contributed by atoms with Crippen molar-refractivity contribution in [3.63, 3.8) is 0 Å². The molecule has 6 heteroatoms. The summed E-state index contributed by atoms with van der Waals surface area (Å²) < 4.78 is 0. The quantitative estimate of drug-likeness (QED) is 0.750. The van der Waals surface area contributed by atoms with Gasteiger partial charge in [-0.25, -0.2) is 4.79 Å². The first-order valence-corrected chi connectivity index (χ1v) is 10.8. The lowest BCUT2D eigenvalue weighted by molar-refractivity contribution is 0.0650. The van der Waals surface area contributed by atoms with Gasteiger partial charge in [0.05, 0.1) is 0 Å². The minimum absolute atomic E-state index is 0.0548. The first kappa shape index (κ1) is 21.4. The number of nitrogens with one attached hydrogen (secondary N) is 1. The van der Waals surface area contributed by atoms with Crippen molar-refractivity contribution in [1.82, 2.24) is 20.0 Å². The van der Waals surface area contributed by atoms with Gasteiger partial charge in [0.1, 0.15) is 0 Å². The molecule has 2 aliphatic heterocycles. The second kappa shape index (κ2) is 10.4. The van der Waals surface area contributed by atoms with E-state index in [1.165, 1.54) is 5.56 Å². The Kier molecular flexibility index (Phi) is 7.69. The number of rotatable bonds is 6. The average molecular weight is 399 g/mol. The van der Waals surface area contributed by atoms with Gasteiger partial charge in [0.15, 0.2) is 0 Å². The van der Waals surface area contributed by atoms with Gasteiger partial charge in [-0.1, -0.05) is 18.2 Å². The Labute approximate surface area is 174 Å². The van der Waals surface area contributed by atoms with E-state index in [2.05, 4.69) is 28.9 Å². The molecule has 1 N–H and O–H groups in total. The van der Waals surface area contributed by atoms with Crippen molar-refractivity contribution in [1.29, 1.82) is 0 Å². The van der Waals surface area contributed by atoms with Crippen molar-refractivity contribution in [3.05, 3.63) is 48.0 Å². The molecule has 0 aromatic heterocycles. The van der Waals surface area contributed by atoms with Gasteiger partial charge in [0.25, 0.3) is 5.91 Å². The molecule has 0 unspecified atom stereocenters. The van der Waals surface area contributed by atoms with Crippen LogP contribution in [0.1, 0.15) is 35.7 Å². The van der Waals surface area contributed by atoms with E-state index in [1.54, 1.807) is 0 Å². The number of carbonyl (C=O) groups excluding carboxylic acids is 2. The average Bonchev–Trinajstić information content (AvgIpc) is 2.75. The summed E-state index contributed by atoms with van der Waals surface area (Å²) in [4.78, 5) is 30.9. The number of piperazine rings is 1. The minimum atomic E-state index is 0.0548. The molecule has 0 bridgehead atoms. The van der Waals surface area contributed by atoms with Crippen molar-refractivity contribution in [2.24, 2.45) is 5.92 Å². The van der Waals surface area contributed by atoms with Crippen LogP contribution in [0.15, 0.2) is 36.9 Å². The lowest BCUT2D eigenvalue weighted by Gasteiger charge is -2.34. The number of piperidine rings is 1. The van der Waals surface area contributed by atoms with E-state index in [1.807, 2.05) is 34.9 Å². The normalized spacial score (nSPS) is 18.5. The summed E-state index contributed by atoms with van der Waals surface area (Å²) in [6.07, 6.45) is 5.00. The van der Waals surface area contributed by atoms with Crippen LogP contribution in [0.3, 0.4) is 0 Å². The van der Waals surface area contributed by atoms with Crippen LogP contribution in [0.2, 0.25) is 0 Å². The third-order valence-corrected chi connectivity index (χ3v) is 6.00. The van der Waals surface area contributed by atoms with Crippen molar-refractivity contribution in [3.8, 4) is 0 Å². The topological polar surface area (TPSA) is 55.9 Å². The van der Waals surface area contributed by atoms with Crippen molar-refractivity contribution in [2.75, 3.05) is 52.4 Å². The number of likely N-dealkylation sites (tertiary alicyclic amines) is 1. The Morgan fingerprint density at radius 2 is 1.69 bits per heavy atom. The zero-order valence-electron chi connectivity index (χ0n) is 17.6.